The fraction of sp³-hybridized carbons (Fsp3) is 0.154. The molecule has 0 radical (unpaired) electrons. The van der Waals surface area contributed by atoms with Gasteiger partial charge in [0.05, 0.1) is 24.3 Å². The highest BCUT2D eigenvalue weighted by atomic mass is 79.9. The Balaban J connectivity index is 2.33. The number of aromatic nitrogens is 1. The molecule has 0 saturated carbocycles. The topological polar surface area (TPSA) is 62.3 Å². The van der Waals surface area contributed by atoms with Crippen LogP contribution in [0.15, 0.2) is 45.8 Å². The average Bonchev–Trinajstić information content (AvgIpc) is 2.41. The molecule has 98 valence electrons. The van der Waals surface area contributed by atoms with E-state index in [0.717, 1.165) is 15.8 Å². The fourth-order valence-electron chi connectivity index (χ4n) is 1.72. The van der Waals surface area contributed by atoms with Crippen molar-refractivity contribution in [2.24, 2.45) is 0 Å². The third kappa shape index (κ3) is 3.08. The molecule has 1 aromatic carbocycles. The van der Waals surface area contributed by atoms with Gasteiger partial charge < -0.3 is 9.30 Å². The van der Waals surface area contributed by atoms with Gasteiger partial charge >= 0.3 is 0 Å². The van der Waals surface area contributed by atoms with Crippen LogP contribution in [-0.2, 0) is 6.54 Å². The SMILES string of the molecule is COc1ccc(Cn2cc([NH+]=O)ccc2=O)cc1Br. The van der Waals surface area contributed by atoms with Crippen molar-refractivity contribution < 1.29 is 9.91 Å². The number of halogens is 1. The fourth-order valence-corrected chi connectivity index (χ4v) is 2.31. The molecule has 0 unspecified atom stereocenters. The van der Waals surface area contributed by atoms with Gasteiger partial charge in [-0.15, -0.1) is 0 Å². The number of hydrogen-bond acceptors (Lipinski definition) is 3. The van der Waals surface area contributed by atoms with Crippen molar-refractivity contribution in [3.05, 3.63) is 61.8 Å². The van der Waals surface area contributed by atoms with E-state index in [9.17, 15) is 9.70 Å². The Kier molecular flexibility index (Phi) is 4.11. The Morgan fingerprint density at radius 2 is 2.11 bits per heavy atom. The lowest BCUT2D eigenvalue weighted by atomic mass is 10.2. The standard InChI is InChI=1S/C13H11BrN2O3/c1-19-12-4-2-9(6-11(12)14)7-16-8-10(15-18)3-5-13(16)17/h2-6,8H,7H2,1H3/p+1. The minimum absolute atomic E-state index is 0.161. The molecule has 5 nitrogen and oxygen atoms in total. The summed E-state index contributed by atoms with van der Waals surface area (Å²) in [5.74, 6) is 0.728. The summed E-state index contributed by atoms with van der Waals surface area (Å²) in [6, 6.07) is 8.38. The van der Waals surface area contributed by atoms with Crippen LogP contribution in [0.3, 0.4) is 0 Å². The van der Waals surface area contributed by atoms with Gasteiger partial charge in [-0.25, -0.2) is 0 Å². The molecule has 2 aromatic rings. The maximum atomic E-state index is 11.7. The summed E-state index contributed by atoms with van der Waals surface area (Å²) in [7, 11) is 1.59. The molecular formula is C13H12BrN2O3+. The molecule has 6 heteroatoms. The molecule has 0 aliphatic rings. The lowest BCUT2D eigenvalue weighted by Crippen LogP contribution is -2.56. The predicted octanol–water partition coefficient (Wildman–Crippen LogP) is 1.15. The van der Waals surface area contributed by atoms with Crippen molar-refractivity contribution >= 4 is 21.6 Å². The van der Waals surface area contributed by atoms with Crippen LogP contribution in [0.4, 0.5) is 5.69 Å². The average molecular weight is 324 g/mol. The van der Waals surface area contributed by atoms with E-state index < -0.39 is 0 Å². The first-order valence-electron chi connectivity index (χ1n) is 5.55. The highest BCUT2D eigenvalue weighted by Gasteiger charge is 2.06. The number of methoxy groups -OCH3 is 1. The summed E-state index contributed by atoms with van der Waals surface area (Å²) in [5.41, 5.74) is 1.12. The summed E-state index contributed by atoms with van der Waals surface area (Å²) in [6.45, 7) is 0.386. The van der Waals surface area contributed by atoms with Crippen molar-refractivity contribution in [2.75, 3.05) is 7.11 Å². The van der Waals surface area contributed by atoms with E-state index in [4.69, 9.17) is 4.74 Å². The summed E-state index contributed by atoms with van der Waals surface area (Å²) in [6.07, 6.45) is 1.49. The van der Waals surface area contributed by atoms with Crippen molar-refractivity contribution in [2.45, 2.75) is 6.54 Å². The zero-order chi connectivity index (χ0) is 13.8. The third-order valence-corrected chi connectivity index (χ3v) is 3.29. The van der Waals surface area contributed by atoms with Crippen LogP contribution in [0.25, 0.3) is 0 Å². The molecule has 1 aromatic heterocycles. The van der Waals surface area contributed by atoms with Crippen LogP contribution >= 0.6 is 15.9 Å². The van der Waals surface area contributed by atoms with Gasteiger partial charge in [0, 0.05) is 22.2 Å². The van der Waals surface area contributed by atoms with Gasteiger partial charge in [-0.05, 0) is 33.6 Å². The first-order valence-corrected chi connectivity index (χ1v) is 6.34. The Hall–Kier alpha value is -1.95. The Morgan fingerprint density at radius 3 is 2.74 bits per heavy atom. The van der Waals surface area contributed by atoms with E-state index in [2.05, 4.69) is 15.9 Å². The molecule has 0 saturated heterocycles. The van der Waals surface area contributed by atoms with E-state index in [0.29, 0.717) is 12.2 Å². The van der Waals surface area contributed by atoms with E-state index in [-0.39, 0.29) is 5.56 Å². The molecule has 0 atom stereocenters. The van der Waals surface area contributed by atoms with Gasteiger partial charge in [-0.2, -0.15) is 0 Å². The van der Waals surface area contributed by atoms with Crippen molar-refractivity contribution in [1.82, 2.24) is 4.57 Å². The number of benzene rings is 1. The number of ether oxygens (including phenoxy) is 1. The first kappa shape index (κ1) is 13.5. The molecule has 1 N–H and O–H groups in total. The molecule has 0 aliphatic heterocycles. The second kappa shape index (κ2) is 5.79. The first-order chi connectivity index (χ1) is 9.13. The lowest BCUT2D eigenvalue weighted by Gasteiger charge is -2.08. The number of pyridine rings is 1. The highest BCUT2D eigenvalue weighted by molar-refractivity contribution is 9.10. The molecule has 1 heterocycles. The van der Waals surface area contributed by atoms with Crippen molar-refractivity contribution in [3.63, 3.8) is 0 Å². The zero-order valence-corrected chi connectivity index (χ0v) is 11.8. The quantitative estimate of drug-likeness (QED) is 0.918. The van der Waals surface area contributed by atoms with Gasteiger partial charge in [-0.3, -0.25) is 4.79 Å². The summed E-state index contributed by atoms with van der Waals surface area (Å²) in [5, 5.41) is 1.77. The van der Waals surface area contributed by atoms with Crippen LogP contribution in [0, 0.1) is 4.91 Å². The van der Waals surface area contributed by atoms with Crippen LogP contribution in [0.2, 0.25) is 0 Å². The normalized spacial score (nSPS) is 10.2. The molecule has 0 aliphatic carbocycles. The maximum Gasteiger partial charge on any atom is 0.269 e. The smallest absolute Gasteiger partial charge is 0.269 e. The monoisotopic (exact) mass is 323 g/mol. The number of nitrogens with one attached hydrogen (secondary N) is 1. The Bertz CT molecular complexity index is 667. The predicted molar refractivity (Wildman–Crippen MR) is 74.5 cm³/mol. The van der Waals surface area contributed by atoms with Crippen molar-refractivity contribution in [3.8, 4) is 5.75 Å². The maximum absolute atomic E-state index is 11.7. The third-order valence-electron chi connectivity index (χ3n) is 2.67. The zero-order valence-electron chi connectivity index (χ0n) is 10.2. The van der Waals surface area contributed by atoms with Crippen LogP contribution < -0.4 is 15.5 Å². The minimum atomic E-state index is -0.161. The van der Waals surface area contributed by atoms with Gasteiger partial charge in [-0.1, -0.05) is 6.07 Å². The summed E-state index contributed by atoms with van der Waals surface area (Å²) in [4.78, 5) is 22.3. The lowest BCUT2D eigenvalue weighted by molar-refractivity contribution is -0.380. The second-order valence-electron chi connectivity index (χ2n) is 3.95. The molecule has 0 spiro atoms. The van der Waals surface area contributed by atoms with Gasteiger partial charge in [0.15, 0.2) is 0 Å². The number of nitrogens with zero attached hydrogens (tertiary/aromatic N) is 1. The van der Waals surface area contributed by atoms with E-state index in [1.807, 2.05) is 18.2 Å². The summed E-state index contributed by atoms with van der Waals surface area (Å²) < 4.78 is 7.43. The molecule has 0 bridgehead atoms. The molecular weight excluding hydrogens is 312 g/mol. The van der Waals surface area contributed by atoms with E-state index in [1.165, 1.54) is 22.9 Å². The van der Waals surface area contributed by atoms with Gasteiger partial charge in [0.25, 0.3) is 11.2 Å². The van der Waals surface area contributed by atoms with E-state index in [1.54, 1.807) is 12.3 Å². The van der Waals surface area contributed by atoms with E-state index >= 15 is 0 Å². The van der Waals surface area contributed by atoms with Gasteiger partial charge in [0.2, 0.25) is 0 Å². The molecule has 2 rings (SSSR count). The van der Waals surface area contributed by atoms with Gasteiger partial charge in [0.1, 0.15) is 5.75 Å². The number of hydrogen-bond donors (Lipinski definition) is 1. The highest BCUT2D eigenvalue weighted by Crippen LogP contribution is 2.25. The largest absolute Gasteiger partial charge is 0.496 e. The Morgan fingerprint density at radius 1 is 1.32 bits per heavy atom. The second-order valence-corrected chi connectivity index (χ2v) is 4.81. The van der Waals surface area contributed by atoms with Crippen LogP contribution in [0.5, 0.6) is 5.75 Å². The molecule has 19 heavy (non-hydrogen) atoms. The molecule has 0 fully saturated rings. The number of rotatable bonds is 4. The minimum Gasteiger partial charge on any atom is -0.496 e. The van der Waals surface area contributed by atoms with Crippen molar-refractivity contribution in [1.29, 1.82) is 0 Å². The summed E-state index contributed by atoms with van der Waals surface area (Å²) >= 11 is 3.39. The number of nitroso groups, excluding NO2 is 1. The van der Waals surface area contributed by atoms with Crippen LogP contribution in [0.1, 0.15) is 5.56 Å². The Labute approximate surface area is 117 Å². The van der Waals surface area contributed by atoms with Crippen LogP contribution in [-0.4, -0.2) is 11.7 Å². The molecule has 0 amide bonds.